The molecule has 0 saturated heterocycles. The van der Waals surface area contributed by atoms with Crippen molar-refractivity contribution < 1.29 is 80.2 Å². The van der Waals surface area contributed by atoms with Gasteiger partial charge in [0.15, 0.2) is 12.2 Å². The fraction of sp³-hybridized carbons (Fsp3) is 0.951. The Morgan fingerprint density at radius 3 is 0.673 bits per heavy atom. The van der Waals surface area contributed by atoms with E-state index in [2.05, 4.69) is 41.5 Å². The van der Waals surface area contributed by atoms with E-state index in [9.17, 15) is 43.2 Å². The molecule has 0 aliphatic carbocycles. The number of ether oxygens (including phenoxy) is 4. The van der Waals surface area contributed by atoms with E-state index in [0.717, 1.165) is 102 Å². The molecule has 0 bridgehead atoms. The lowest BCUT2D eigenvalue weighted by atomic mass is 10.0. The van der Waals surface area contributed by atoms with Crippen LogP contribution in [0.25, 0.3) is 0 Å². The Kier molecular flexibility index (Phi) is 72.2. The fourth-order valence-corrected chi connectivity index (χ4v) is 14.3. The molecule has 101 heavy (non-hydrogen) atoms. The van der Waals surface area contributed by atoms with Gasteiger partial charge in [-0.05, 0) is 37.5 Å². The van der Waals surface area contributed by atoms with E-state index in [1.54, 1.807) is 0 Å². The normalized spacial score (nSPS) is 13.9. The van der Waals surface area contributed by atoms with Crippen LogP contribution in [0.1, 0.15) is 433 Å². The SMILES string of the molecule is CCCCCCCCCCCCCCCCCCCCCC(=O)O[C@H](COC(=O)CCCCCCCCCCCCCCCCC(C)C)COP(=O)(O)OC[C@@H](O)COP(=O)(O)OC[C@@H](COC(=O)CCCCCCCCC(C)C)OC(=O)CCCCCCCCCCCCCCCCCC. The zero-order chi connectivity index (χ0) is 74.2. The van der Waals surface area contributed by atoms with Gasteiger partial charge >= 0.3 is 39.5 Å². The first kappa shape index (κ1) is 99.1. The molecular weight excluding hydrogens is 1320 g/mol. The van der Waals surface area contributed by atoms with Crippen molar-refractivity contribution in [3.8, 4) is 0 Å². The number of carbonyl (C=O) groups excluding carboxylic acids is 4. The van der Waals surface area contributed by atoms with E-state index >= 15 is 0 Å². The zero-order valence-electron chi connectivity index (χ0n) is 66.2. The zero-order valence-corrected chi connectivity index (χ0v) is 68.0. The molecule has 17 nitrogen and oxygen atoms in total. The molecule has 0 saturated carbocycles. The number of rotatable bonds is 81. The van der Waals surface area contributed by atoms with Crippen LogP contribution in [0.15, 0.2) is 0 Å². The molecular formula is C82H160O17P2. The lowest BCUT2D eigenvalue weighted by Gasteiger charge is -2.21. The number of aliphatic hydroxyl groups excluding tert-OH is 1. The summed E-state index contributed by atoms with van der Waals surface area (Å²) in [7, 11) is -9.92. The van der Waals surface area contributed by atoms with Gasteiger partial charge in [-0.15, -0.1) is 0 Å². The Balaban J connectivity index is 5.22. The van der Waals surface area contributed by atoms with Crippen molar-refractivity contribution in [2.45, 2.75) is 452 Å². The third kappa shape index (κ3) is 76.1. The summed E-state index contributed by atoms with van der Waals surface area (Å²) < 4.78 is 68.7. The standard InChI is InChI=1S/C82H160O17P2/c1-7-9-11-13-15-17-19-21-23-25-26-27-29-35-39-43-47-55-61-66-81(86)98-77(70-92-79(84)64-58-52-45-41-37-33-31-30-32-36-40-44-50-56-62-74(3)4)72-96-100(88,89)94-68-76(83)69-95-101(90,91)97-73-78(71-93-80(85)65-59-53-49-48-51-57-63-75(5)6)99-82(87)67-60-54-46-42-38-34-28-24-22-20-18-16-14-12-10-8-2/h74-78,83H,7-73H2,1-6H3,(H,88,89)(H,90,91)/t76-,77-,78-/m1/s1. The number of unbranched alkanes of at least 4 members (excludes halogenated alkanes) is 51. The second-order valence-electron chi connectivity index (χ2n) is 30.5. The molecule has 0 aromatic rings. The van der Waals surface area contributed by atoms with Gasteiger partial charge in [0.1, 0.15) is 19.3 Å². The molecule has 19 heteroatoms. The maximum atomic E-state index is 13.1. The molecule has 5 atom stereocenters. The number of phosphoric ester groups is 2. The van der Waals surface area contributed by atoms with Crippen LogP contribution >= 0.6 is 15.6 Å². The summed E-state index contributed by atoms with van der Waals surface area (Å²) >= 11 is 0. The second kappa shape index (κ2) is 73.6. The summed E-state index contributed by atoms with van der Waals surface area (Å²) in [5.41, 5.74) is 0. The molecule has 0 amide bonds. The minimum Gasteiger partial charge on any atom is -0.462 e. The summed E-state index contributed by atoms with van der Waals surface area (Å²) in [6.07, 6.45) is 64.0. The molecule has 600 valence electrons. The highest BCUT2D eigenvalue weighted by Gasteiger charge is 2.30. The number of hydrogen-bond donors (Lipinski definition) is 3. The molecule has 0 spiro atoms. The maximum absolute atomic E-state index is 13.1. The lowest BCUT2D eigenvalue weighted by molar-refractivity contribution is -0.161. The first-order valence-corrected chi connectivity index (χ1v) is 45.5. The van der Waals surface area contributed by atoms with E-state index < -0.39 is 97.5 Å². The van der Waals surface area contributed by atoms with Crippen LogP contribution in [-0.4, -0.2) is 96.7 Å². The highest BCUT2D eigenvalue weighted by atomic mass is 31.2. The van der Waals surface area contributed by atoms with Gasteiger partial charge in [0, 0.05) is 25.7 Å². The highest BCUT2D eigenvalue weighted by molar-refractivity contribution is 7.47. The van der Waals surface area contributed by atoms with Crippen molar-refractivity contribution >= 4 is 39.5 Å². The second-order valence-corrected chi connectivity index (χ2v) is 33.4. The van der Waals surface area contributed by atoms with E-state index in [1.165, 1.54) is 244 Å². The van der Waals surface area contributed by atoms with Gasteiger partial charge < -0.3 is 33.8 Å². The molecule has 2 unspecified atom stereocenters. The van der Waals surface area contributed by atoms with Gasteiger partial charge in [-0.3, -0.25) is 37.3 Å². The molecule has 0 aliphatic rings. The van der Waals surface area contributed by atoms with E-state index in [4.69, 9.17) is 37.0 Å². The molecule has 0 aromatic heterocycles. The van der Waals surface area contributed by atoms with Crippen LogP contribution < -0.4 is 0 Å². The molecule has 0 aromatic carbocycles. The third-order valence-corrected chi connectivity index (χ3v) is 21.1. The Morgan fingerprint density at radius 2 is 0.455 bits per heavy atom. The molecule has 0 heterocycles. The fourth-order valence-electron chi connectivity index (χ4n) is 12.7. The first-order chi connectivity index (χ1) is 48.9. The summed E-state index contributed by atoms with van der Waals surface area (Å²) in [5, 5.41) is 10.6. The largest absolute Gasteiger partial charge is 0.472 e. The predicted molar refractivity (Wildman–Crippen MR) is 414 cm³/mol. The van der Waals surface area contributed by atoms with Gasteiger partial charge in [-0.25, -0.2) is 9.13 Å². The maximum Gasteiger partial charge on any atom is 0.472 e. The topological polar surface area (TPSA) is 237 Å². The Hall–Kier alpha value is -1.94. The van der Waals surface area contributed by atoms with E-state index in [1.807, 2.05) is 0 Å². The van der Waals surface area contributed by atoms with E-state index in [0.29, 0.717) is 31.6 Å². The quantitative estimate of drug-likeness (QED) is 0.0222. The van der Waals surface area contributed by atoms with Crippen LogP contribution in [0, 0.1) is 11.8 Å². The summed E-state index contributed by atoms with van der Waals surface area (Å²) in [5.74, 6) is -0.630. The van der Waals surface area contributed by atoms with Crippen molar-refractivity contribution in [1.29, 1.82) is 0 Å². The van der Waals surface area contributed by atoms with Crippen LogP contribution in [-0.2, 0) is 65.4 Å². The first-order valence-electron chi connectivity index (χ1n) is 42.5. The number of esters is 4. The van der Waals surface area contributed by atoms with E-state index in [-0.39, 0.29) is 25.7 Å². The van der Waals surface area contributed by atoms with Crippen molar-refractivity contribution in [1.82, 2.24) is 0 Å². The smallest absolute Gasteiger partial charge is 0.462 e. The van der Waals surface area contributed by atoms with Crippen LogP contribution in [0.5, 0.6) is 0 Å². The van der Waals surface area contributed by atoms with Gasteiger partial charge in [-0.1, -0.05) is 382 Å². The lowest BCUT2D eigenvalue weighted by Crippen LogP contribution is -2.30. The van der Waals surface area contributed by atoms with Crippen molar-refractivity contribution in [3.05, 3.63) is 0 Å². The molecule has 0 fully saturated rings. The highest BCUT2D eigenvalue weighted by Crippen LogP contribution is 2.45. The third-order valence-electron chi connectivity index (χ3n) is 19.2. The summed E-state index contributed by atoms with van der Waals surface area (Å²) in [6.45, 7) is 9.59. The number of phosphoric acid groups is 2. The van der Waals surface area contributed by atoms with Crippen LogP contribution in [0.4, 0.5) is 0 Å². The monoisotopic (exact) mass is 1480 g/mol. The Morgan fingerprint density at radius 1 is 0.267 bits per heavy atom. The summed E-state index contributed by atoms with van der Waals surface area (Å²) in [6, 6.07) is 0. The molecule has 0 rings (SSSR count). The average Bonchev–Trinajstić information content (AvgIpc) is 0.976. The average molecular weight is 1480 g/mol. The number of carbonyl (C=O) groups is 4. The van der Waals surface area contributed by atoms with Crippen LogP contribution in [0.3, 0.4) is 0 Å². The predicted octanol–water partition coefficient (Wildman–Crippen LogP) is 24.7. The van der Waals surface area contributed by atoms with Crippen molar-refractivity contribution in [3.63, 3.8) is 0 Å². The Bertz CT molecular complexity index is 1940. The molecule has 3 N–H and O–H groups in total. The summed E-state index contributed by atoms with van der Waals surface area (Å²) in [4.78, 5) is 73.0. The van der Waals surface area contributed by atoms with Crippen molar-refractivity contribution in [2.75, 3.05) is 39.6 Å². The minimum absolute atomic E-state index is 0.107. The molecule has 0 aliphatic heterocycles. The minimum atomic E-state index is -4.96. The molecule has 0 radical (unpaired) electrons. The van der Waals surface area contributed by atoms with Gasteiger partial charge in [0.2, 0.25) is 0 Å². The Labute approximate surface area is 619 Å². The number of aliphatic hydroxyl groups is 1. The van der Waals surface area contributed by atoms with Crippen molar-refractivity contribution in [2.24, 2.45) is 11.8 Å². The number of hydrogen-bond acceptors (Lipinski definition) is 15. The van der Waals surface area contributed by atoms with Crippen LogP contribution in [0.2, 0.25) is 0 Å². The van der Waals surface area contributed by atoms with Gasteiger partial charge in [0.05, 0.1) is 26.4 Å². The van der Waals surface area contributed by atoms with Gasteiger partial charge in [-0.2, -0.15) is 0 Å². The van der Waals surface area contributed by atoms with Gasteiger partial charge in [0.25, 0.3) is 0 Å².